The predicted octanol–water partition coefficient (Wildman–Crippen LogP) is 2.38. The third-order valence-electron chi connectivity index (χ3n) is 5.57. The lowest BCUT2D eigenvalue weighted by Crippen LogP contribution is -2.44. The summed E-state index contributed by atoms with van der Waals surface area (Å²) in [6.45, 7) is 1.38. The Bertz CT molecular complexity index is 1020. The van der Waals surface area contributed by atoms with Crippen molar-refractivity contribution in [3.05, 3.63) is 24.8 Å². The van der Waals surface area contributed by atoms with Gasteiger partial charge in [-0.3, -0.25) is 4.79 Å². The number of nitriles is 1. The number of likely N-dealkylation sites (tertiary alicyclic amines) is 1. The van der Waals surface area contributed by atoms with Crippen LogP contribution in [0.3, 0.4) is 0 Å². The van der Waals surface area contributed by atoms with Crippen LogP contribution >= 0.6 is 0 Å². The number of nitrogens with zero attached hydrogens (tertiary/aromatic N) is 5. The number of aromatic nitrogens is 4. The summed E-state index contributed by atoms with van der Waals surface area (Å²) >= 11 is 0. The molecule has 3 aromatic rings. The first-order valence-corrected chi connectivity index (χ1v) is 8.71. The van der Waals surface area contributed by atoms with Gasteiger partial charge in [-0.1, -0.05) is 0 Å². The van der Waals surface area contributed by atoms with E-state index >= 15 is 0 Å². The SMILES string of the molecule is N#CC1(C(=O)N2CCC[C@@H](n3cnc4cnc5[nH]ccc5c43)C2)CC1. The van der Waals surface area contributed by atoms with Crippen LogP contribution in [0.25, 0.3) is 22.1 Å². The molecule has 2 aliphatic rings. The molecule has 0 radical (unpaired) electrons. The predicted molar refractivity (Wildman–Crippen MR) is 91.5 cm³/mol. The second-order valence-electron chi connectivity index (χ2n) is 7.12. The van der Waals surface area contributed by atoms with Gasteiger partial charge in [0, 0.05) is 24.7 Å². The van der Waals surface area contributed by atoms with Crippen molar-refractivity contribution in [2.24, 2.45) is 5.41 Å². The zero-order chi connectivity index (χ0) is 17.0. The van der Waals surface area contributed by atoms with Crippen molar-refractivity contribution in [3.63, 3.8) is 0 Å². The number of carbonyl (C=O) groups excluding carboxylic acids is 1. The topological polar surface area (TPSA) is 90.6 Å². The Morgan fingerprint density at radius 3 is 3.08 bits per heavy atom. The van der Waals surface area contributed by atoms with E-state index in [0.29, 0.717) is 19.4 Å². The van der Waals surface area contributed by atoms with Crippen LogP contribution in [0.1, 0.15) is 31.7 Å². The van der Waals surface area contributed by atoms with Gasteiger partial charge in [0.1, 0.15) is 16.6 Å². The van der Waals surface area contributed by atoms with E-state index in [9.17, 15) is 10.1 Å². The first-order valence-electron chi connectivity index (χ1n) is 8.71. The number of rotatable bonds is 2. The number of fused-ring (bicyclic) bond motifs is 3. The van der Waals surface area contributed by atoms with E-state index in [2.05, 4.69) is 25.6 Å². The van der Waals surface area contributed by atoms with Gasteiger partial charge in [0.05, 0.1) is 30.2 Å². The molecule has 25 heavy (non-hydrogen) atoms. The molecular weight excluding hydrogens is 316 g/mol. The van der Waals surface area contributed by atoms with Crippen molar-refractivity contribution in [3.8, 4) is 6.07 Å². The van der Waals surface area contributed by atoms with Crippen molar-refractivity contribution < 1.29 is 4.79 Å². The van der Waals surface area contributed by atoms with Crippen LogP contribution in [0.4, 0.5) is 0 Å². The summed E-state index contributed by atoms with van der Waals surface area (Å²) < 4.78 is 2.18. The molecule has 5 rings (SSSR count). The molecular formula is C18H18N6O. The normalized spacial score (nSPS) is 22.2. The van der Waals surface area contributed by atoms with Gasteiger partial charge in [0.15, 0.2) is 0 Å². The van der Waals surface area contributed by atoms with Crippen LogP contribution in [0.5, 0.6) is 0 Å². The number of nitrogens with one attached hydrogen (secondary N) is 1. The molecule has 0 unspecified atom stereocenters. The molecule has 1 N–H and O–H groups in total. The molecule has 126 valence electrons. The molecule has 1 aliphatic carbocycles. The highest BCUT2D eigenvalue weighted by molar-refractivity contribution is 6.01. The number of hydrogen-bond donors (Lipinski definition) is 1. The number of pyridine rings is 1. The average Bonchev–Trinajstić information content (AvgIpc) is 3.10. The molecule has 1 aliphatic heterocycles. The van der Waals surface area contributed by atoms with E-state index in [1.165, 1.54) is 0 Å². The molecule has 4 heterocycles. The molecule has 1 saturated heterocycles. The lowest BCUT2D eigenvalue weighted by Gasteiger charge is -2.34. The van der Waals surface area contributed by atoms with Gasteiger partial charge in [-0.05, 0) is 31.7 Å². The monoisotopic (exact) mass is 334 g/mol. The van der Waals surface area contributed by atoms with Gasteiger partial charge >= 0.3 is 0 Å². The maximum atomic E-state index is 12.7. The number of imidazole rings is 1. The van der Waals surface area contributed by atoms with Gasteiger partial charge < -0.3 is 14.5 Å². The molecule has 0 aromatic carbocycles. The molecule has 3 aromatic heterocycles. The number of amides is 1. The van der Waals surface area contributed by atoms with Crippen LogP contribution in [-0.2, 0) is 4.79 Å². The first kappa shape index (κ1) is 14.5. The molecule has 1 atom stereocenters. The lowest BCUT2D eigenvalue weighted by molar-refractivity contribution is -0.136. The van der Waals surface area contributed by atoms with Crippen LogP contribution < -0.4 is 0 Å². The van der Waals surface area contributed by atoms with Gasteiger partial charge in [0.2, 0.25) is 5.91 Å². The number of H-pyrrole nitrogens is 1. The highest BCUT2D eigenvalue weighted by Crippen LogP contribution is 2.47. The average molecular weight is 334 g/mol. The van der Waals surface area contributed by atoms with Crippen LogP contribution in [0.2, 0.25) is 0 Å². The zero-order valence-corrected chi connectivity index (χ0v) is 13.8. The number of piperidine rings is 1. The summed E-state index contributed by atoms with van der Waals surface area (Å²) in [5.74, 6) is 0.0116. The molecule has 1 saturated carbocycles. The van der Waals surface area contributed by atoms with E-state index in [1.807, 2.05) is 23.5 Å². The second kappa shape index (κ2) is 5.06. The highest BCUT2D eigenvalue weighted by atomic mass is 16.2. The summed E-state index contributed by atoms with van der Waals surface area (Å²) in [6, 6.07) is 4.42. The third-order valence-corrected chi connectivity index (χ3v) is 5.57. The van der Waals surface area contributed by atoms with Crippen molar-refractivity contribution in [1.82, 2.24) is 24.4 Å². The fourth-order valence-electron chi connectivity index (χ4n) is 3.98. The summed E-state index contributed by atoms with van der Waals surface area (Å²) in [5, 5.41) is 10.4. The van der Waals surface area contributed by atoms with Crippen molar-refractivity contribution in [1.29, 1.82) is 5.26 Å². The maximum absolute atomic E-state index is 12.7. The Balaban J connectivity index is 1.51. The van der Waals surface area contributed by atoms with Crippen LogP contribution in [0.15, 0.2) is 24.8 Å². The Hall–Kier alpha value is -2.88. The van der Waals surface area contributed by atoms with Crippen molar-refractivity contribution >= 4 is 28.0 Å². The van der Waals surface area contributed by atoms with E-state index in [1.54, 1.807) is 6.20 Å². The molecule has 0 bridgehead atoms. The summed E-state index contributed by atoms with van der Waals surface area (Å²) in [7, 11) is 0. The fourth-order valence-corrected chi connectivity index (χ4v) is 3.98. The quantitative estimate of drug-likeness (QED) is 0.779. The van der Waals surface area contributed by atoms with Gasteiger partial charge in [-0.15, -0.1) is 0 Å². The van der Waals surface area contributed by atoms with Gasteiger partial charge in [0.25, 0.3) is 0 Å². The minimum Gasteiger partial charge on any atom is -0.346 e. The van der Waals surface area contributed by atoms with Crippen molar-refractivity contribution in [2.75, 3.05) is 13.1 Å². The van der Waals surface area contributed by atoms with E-state index < -0.39 is 5.41 Å². The molecule has 2 fully saturated rings. The standard InChI is InChI=1S/C18H18N6O/c19-10-18(4-5-18)17(25)23-7-1-2-12(9-23)24-11-22-14-8-21-16-13(15(14)24)3-6-20-16/h3,6,8,11-12H,1-2,4-5,7,9H2,(H,20,21)/t12-/m1/s1. The Kier molecular flexibility index (Phi) is 2.93. The van der Waals surface area contributed by atoms with E-state index in [4.69, 9.17) is 0 Å². The number of hydrogen-bond acceptors (Lipinski definition) is 4. The number of carbonyl (C=O) groups is 1. The lowest BCUT2D eigenvalue weighted by atomic mass is 10.0. The number of aromatic amines is 1. The zero-order valence-electron chi connectivity index (χ0n) is 13.8. The summed E-state index contributed by atoms with van der Waals surface area (Å²) in [6.07, 6.45) is 8.87. The van der Waals surface area contributed by atoms with Crippen LogP contribution in [0, 0.1) is 16.7 Å². The largest absolute Gasteiger partial charge is 0.346 e. The van der Waals surface area contributed by atoms with Crippen LogP contribution in [-0.4, -0.2) is 43.4 Å². The minimum absolute atomic E-state index is 0.0116. The second-order valence-corrected chi connectivity index (χ2v) is 7.12. The third kappa shape index (κ3) is 2.07. The van der Waals surface area contributed by atoms with Gasteiger partial charge in [-0.2, -0.15) is 5.26 Å². The molecule has 0 spiro atoms. The Morgan fingerprint density at radius 2 is 2.28 bits per heavy atom. The summed E-state index contributed by atoms with van der Waals surface area (Å²) in [5.41, 5.74) is 2.04. The Labute approximate surface area is 144 Å². The minimum atomic E-state index is -0.739. The fraction of sp³-hybridized carbons (Fsp3) is 0.444. The van der Waals surface area contributed by atoms with Gasteiger partial charge in [-0.25, -0.2) is 9.97 Å². The summed E-state index contributed by atoms with van der Waals surface area (Å²) in [4.78, 5) is 26.6. The Morgan fingerprint density at radius 1 is 1.40 bits per heavy atom. The smallest absolute Gasteiger partial charge is 0.243 e. The van der Waals surface area contributed by atoms with E-state index in [0.717, 1.165) is 41.5 Å². The molecule has 7 nitrogen and oxygen atoms in total. The van der Waals surface area contributed by atoms with E-state index in [-0.39, 0.29) is 11.9 Å². The highest BCUT2D eigenvalue weighted by Gasteiger charge is 2.53. The van der Waals surface area contributed by atoms with Crippen molar-refractivity contribution in [2.45, 2.75) is 31.7 Å². The first-order chi connectivity index (χ1) is 12.2. The molecule has 1 amide bonds. The maximum Gasteiger partial charge on any atom is 0.243 e. The molecule has 7 heteroatoms.